The van der Waals surface area contributed by atoms with E-state index in [4.69, 9.17) is 17.0 Å². The van der Waals surface area contributed by atoms with Crippen LogP contribution < -0.4 is 0 Å². The van der Waals surface area contributed by atoms with Crippen LogP contribution >= 0.6 is 12.2 Å². The summed E-state index contributed by atoms with van der Waals surface area (Å²) in [5.41, 5.74) is 1.10. The monoisotopic (exact) mass is 320 g/mol. The number of benzene rings is 1. The fraction of sp³-hybridized carbons (Fsp3) is 0.529. The number of hydrogen-bond donors (Lipinski definition) is 0. The first kappa shape index (κ1) is 16.9. The molecule has 4 nitrogen and oxygen atoms in total. The van der Waals surface area contributed by atoms with E-state index in [0.717, 1.165) is 31.2 Å². The molecule has 1 heterocycles. The summed E-state index contributed by atoms with van der Waals surface area (Å²) in [4.78, 5) is 15.3. The van der Waals surface area contributed by atoms with Crippen LogP contribution in [-0.4, -0.2) is 46.6 Å². The Morgan fingerprint density at radius 2 is 2.18 bits per heavy atom. The second kappa shape index (κ2) is 8.25. The fourth-order valence-corrected chi connectivity index (χ4v) is 2.94. The lowest BCUT2D eigenvalue weighted by Gasteiger charge is -2.33. The standard InChI is InChI=1S/C17H24N2O2S/c1-14(2)19(13-18-10-6-9-16(18)11-20)17(22)21-12-15-7-4-3-5-8-15/h3-5,7-8,11,14,16H,6,9-10,12-13H2,1-2H3/t16-/m1/s1. The van der Waals surface area contributed by atoms with Crippen molar-refractivity contribution in [1.29, 1.82) is 0 Å². The number of carbonyl (C=O) groups excluding carboxylic acids is 1. The van der Waals surface area contributed by atoms with Crippen molar-refractivity contribution in [2.45, 2.75) is 45.4 Å². The van der Waals surface area contributed by atoms with Crippen molar-refractivity contribution < 1.29 is 9.53 Å². The summed E-state index contributed by atoms with van der Waals surface area (Å²) in [6.07, 6.45) is 3.04. The maximum atomic E-state index is 11.1. The molecule has 0 aromatic heterocycles. The number of thiocarbonyl (C=S) groups is 1. The molecule has 1 aromatic carbocycles. The first-order valence-corrected chi connectivity index (χ1v) is 8.19. The number of nitrogens with zero attached hydrogens (tertiary/aromatic N) is 2. The maximum Gasteiger partial charge on any atom is 0.260 e. The summed E-state index contributed by atoms with van der Waals surface area (Å²) in [6, 6.07) is 10.2. The predicted octanol–water partition coefficient (Wildman–Crippen LogP) is 2.82. The average Bonchev–Trinajstić information content (AvgIpc) is 2.98. The highest BCUT2D eigenvalue weighted by molar-refractivity contribution is 7.80. The van der Waals surface area contributed by atoms with Gasteiger partial charge >= 0.3 is 0 Å². The van der Waals surface area contributed by atoms with Gasteiger partial charge in [-0.2, -0.15) is 0 Å². The maximum absolute atomic E-state index is 11.1. The topological polar surface area (TPSA) is 32.8 Å². The third kappa shape index (κ3) is 4.52. The average molecular weight is 320 g/mol. The lowest BCUT2D eigenvalue weighted by Crippen LogP contribution is -2.47. The largest absolute Gasteiger partial charge is 0.466 e. The highest BCUT2D eigenvalue weighted by atomic mass is 32.1. The van der Waals surface area contributed by atoms with E-state index in [2.05, 4.69) is 18.7 Å². The van der Waals surface area contributed by atoms with Crippen LogP contribution in [0.25, 0.3) is 0 Å². The highest BCUT2D eigenvalue weighted by Gasteiger charge is 2.27. The van der Waals surface area contributed by atoms with Gasteiger partial charge < -0.3 is 14.4 Å². The van der Waals surface area contributed by atoms with E-state index >= 15 is 0 Å². The Bertz CT molecular complexity index is 493. The van der Waals surface area contributed by atoms with Crippen LogP contribution in [0.15, 0.2) is 30.3 Å². The fourth-order valence-electron chi connectivity index (χ4n) is 2.61. The first-order chi connectivity index (χ1) is 10.6. The van der Waals surface area contributed by atoms with Crippen molar-refractivity contribution in [2.75, 3.05) is 13.2 Å². The Kier molecular flexibility index (Phi) is 6.34. The molecule has 0 unspecified atom stereocenters. The molecular weight excluding hydrogens is 296 g/mol. The van der Waals surface area contributed by atoms with Gasteiger partial charge in [-0.15, -0.1) is 0 Å². The summed E-state index contributed by atoms with van der Waals surface area (Å²) in [5, 5.41) is 0.496. The molecular formula is C17H24N2O2S. The lowest BCUT2D eigenvalue weighted by atomic mass is 10.2. The zero-order chi connectivity index (χ0) is 15.9. The molecule has 0 spiro atoms. The van der Waals surface area contributed by atoms with Crippen molar-refractivity contribution in [1.82, 2.24) is 9.80 Å². The van der Waals surface area contributed by atoms with E-state index in [1.54, 1.807) is 0 Å². The van der Waals surface area contributed by atoms with Gasteiger partial charge in [0.25, 0.3) is 5.17 Å². The van der Waals surface area contributed by atoms with Crippen LogP contribution in [0.2, 0.25) is 0 Å². The summed E-state index contributed by atoms with van der Waals surface area (Å²) >= 11 is 5.45. The van der Waals surface area contributed by atoms with Crippen molar-refractivity contribution in [3.63, 3.8) is 0 Å². The normalized spacial score (nSPS) is 18.4. The quantitative estimate of drug-likeness (QED) is 0.594. The minimum atomic E-state index is 0.0122. The summed E-state index contributed by atoms with van der Waals surface area (Å²) < 4.78 is 5.77. The molecule has 1 aliphatic rings. The molecule has 1 atom stereocenters. The summed E-state index contributed by atoms with van der Waals surface area (Å²) in [6.45, 7) is 6.23. The molecule has 0 amide bonds. The van der Waals surface area contributed by atoms with E-state index in [1.807, 2.05) is 35.2 Å². The molecule has 120 valence electrons. The van der Waals surface area contributed by atoms with Crippen molar-refractivity contribution >= 4 is 23.7 Å². The van der Waals surface area contributed by atoms with E-state index in [0.29, 0.717) is 18.5 Å². The zero-order valence-corrected chi connectivity index (χ0v) is 14.1. The highest BCUT2D eigenvalue weighted by Crippen LogP contribution is 2.17. The number of ether oxygens (including phenoxy) is 1. The Labute approximate surface area is 138 Å². The number of rotatable bonds is 6. The molecule has 1 fully saturated rings. The number of carbonyl (C=O) groups is 1. The number of aldehydes is 1. The number of hydrogen-bond acceptors (Lipinski definition) is 4. The van der Waals surface area contributed by atoms with E-state index in [9.17, 15) is 4.79 Å². The van der Waals surface area contributed by atoms with Gasteiger partial charge in [0, 0.05) is 12.6 Å². The molecule has 1 saturated heterocycles. The third-order valence-electron chi connectivity index (χ3n) is 3.97. The van der Waals surface area contributed by atoms with Crippen molar-refractivity contribution in [3.05, 3.63) is 35.9 Å². The molecule has 2 rings (SSSR count). The minimum absolute atomic E-state index is 0.0122. The molecule has 1 aromatic rings. The van der Waals surface area contributed by atoms with Gasteiger partial charge in [0.1, 0.15) is 12.9 Å². The Balaban J connectivity index is 1.92. The second-order valence-electron chi connectivity index (χ2n) is 5.90. The molecule has 22 heavy (non-hydrogen) atoms. The van der Waals surface area contributed by atoms with E-state index < -0.39 is 0 Å². The van der Waals surface area contributed by atoms with Gasteiger partial charge in [0.2, 0.25) is 0 Å². The van der Waals surface area contributed by atoms with Gasteiger partial charge in [-0.25, -0.2) is 0 Å². The summed E-state index contributed by atoms with van der Waals surface area (Å²) in [7, 11) is 0. The Morgan fingerprint density at radius 3 is 2.82 bits per heavy atom. The number of likely N-dealkylation sites (tertiary alicyclic amines) is 1. The van der Waals surface area contributed by atoms with Crippen LogP contribution in [0.3, 0.4) is 0 Å². The van der Waals surface area contributed by atoms with Gasteiger partial charge in [-0.05, 0) is 44.5 Å². The van der Waals surface area contributed by atoms with Crippen LogP contribution in [0.1, 0.15) is 32.3 Å². The van der Waals surface area contributed by atoms with E-state index in [1.165, 1.54) is 0 Å². The van der Waals surface area contributed by atoms with Crippen molar-refractivity contribution in [2.24, 2.45) is 0 Å². The molecule has 0 N–H and O–H groups in total. The van der Waals surface area contributed by atoms with Crippen LogP contribution in [0.4, 0.5) is 0 Å². The molecule has 0 saturated carbocycles. The predicted molar refractivity (Wildman–Crippen MR) is 91.5 cm³/mol. The molecule has 0 aliphatic carbocycles. The second-order valence-corrected chi connectivity index (χ2v) is 6.25. The molecule has 1 aliphatic heterocycles. The van der Waals surface area contributed by atoms with Gasteiger partial charge in [0.15, 0.2) is 0 Å². The minimum Gasteiger partial charge on any atom is -0.466 e. The van der Waals surface area contributed by atoms with Gasteiger partial charge in [-0.1, -0.05) is 30.3 Å². The van der Waals surface area contributed by atoms with Gasteiger partial charge in [-0.3, -0.25) is 4.90 Å². The molecule has 0 bridgehead atoms. The zero-order valence-electron chi connectivity index (χ0n) is 13.3. The Hall–Kier alpha value is -1.46. The van der Waals surface area contributed by atoms with Gasteiger partial charge in [0.05, 0.1) is 12.7 Å². The lowest BCUT2D eigenvalue weighted by molar-refractivity contribution is -0.112. The molecule has 5 heteroatoms. The Morgan fingerprint density at radius 1 is 1.45 bits per heavy atom. The van der Waals surface area contributed by atoms with Crippen LogP contribution in [-0.2, 0) is 16.1 Å². The smallest absolute Gasteiger partial charge is 0.260 e. The summed E-state index contributed by atoms with van der Waals surface area (Å²) in [5.74, 6) is 0. The van der Waals surface area contributed by atoms with E-state index in [-0.39, 0.29) is 12.1 Å². The first-order valence-electron chi connectivity index (χ1n) is 7.78. The molecule has 0 radical (unpaired) electrons. The SMILES string of the molecule is CC(C)N(CN1CCC[C@@H]1C=O)C(=S)OCc1ccccc1. The third-order valence-corrected chi connectivity index (χ3v) is 4.32. The van der Waals surface area contributed by atoms with Crippen LogP contribution in [0.5, 0.6) is 0 Å². The van der Waals surface area contributed by atoms with Crippen LogP contribution in [0, 0.1) is 0 Å². The van der Waals surface area contributed by atoms with Crippen molar-refractivity contribution in [3.8, 4) is 0 Å².